The van der Waals surface area contributed by atoms with Crippen molar-refractivity contribution in [3.8, 4) is 0 Å². The summed E-state index contributed by atoms with van der Waals surface area (Å²) in [7, 11) is 0. The fourth-order valence-electron chi connectivity index (χ4n) is 1.66. The van der Waals surface area contributed by atoms with Gasteiger partial charge in [-0.15, -0.1) is 11.6 Å². The molecule has 2 aromatic heterocycles. The number of alkyl halides is 1. The van der Waals surface area contributed by atoms with Crippen LogP contribution in [0, 0.1) is 0 Å². The van der Waals surface area contributed by atoms with Crippen LogP contribution in [0.15, 0.2) is 28.7 Å². The Kier molecular flexibility index (Phi) is 2.23. The predicted molar refractivity (Wildman–Crippen MR) is 63.9 cm³/mol. The molecule has 0 atom stereocenters. The summed E-state index contributed by atoms with van der Waals surface area (Å²) in [5.41, 5.74) is 1.98. The zero-order valence-corrected chi connectivity index (χ0v) is 9.59. The van der Waals surface area contributed by atoms with Gasteiger partial charge in [-0.1, -0.05) is 23.7 Å². The van der Waals surface area contributed by atoms with E-state index in [1.54, 1.807) is 0 Å². The monoisotopic (exact) mass is 252 g/mol. The third kappa shape index (κ3) is 1.36. The van der Waals surface area contributed by atoms with Gasteiger partial charge in [-0.3, -0.25) is 0 Å². The Hall–Kier alpha value is -1.32. The standard InChI is InChI=1S/C11H6Cl2N2O/c12-5-8-14-9-6-3-1-2-4-7(6)16-10(9)11(13)15-8/h1-4H,5H2. The van der Waals surface area contributed by atoms with Crippen LogP contribution in [-0.4, -0.2) is 9.97 Å². The lowest BCUT2D eigenvalue weighted by Gasteiger charge is -1.95. The maximum absolute atomic E-state index is 6.01. The molecule has 0 amide bonds. The second-order valence-electron chi connectivity index (χ2n) is 3.34. The van der Waals surface area contributed by atoms with E-state index >= 15 is 0 Å². The van der Waals surface area contributed by atoms with Gasteiger partial charge in [0.05, 0.1) is 5.88 Å². The smallest absolute Gasteiger partial charge is 0.191 e. The van der Waals surface area contributed by atoms with E-state index in [0.717, 1.165) is 11.0 Å². The van der Waals surface area contributed by atoms with Gasteiger partial charge in [0.1, 0.15) is 16.9 Å². The lowest BCUT2D eigenvalue weighted by molar-refractivity contribution is 0.665. The van der Waals surface area contributed by atoms with Crippen LogP contribution in [-0.2, 0) is 5.88 Å². The van der Waals surface area contributed by atoms with Crippen LogP contribution >= 0.6 is 23.2 Å². The van der Waals surface area contributed by atoms with Gasteiger partial charge in [-0.05, 0) is 12.1 Å². The molecule has 3 nitrogen and oxygen atoms in total. The number of nitrogens with zero attached hydrogens (tertiary/aromatic N) is 2. The average molecular weight is 253 g/mol. The zero-order valence-electron chi connectivity index (χ0n) is 8.08. The molecule has 0 unspecified atom stereocenters. The first-order valence-corrected chi connectivity index (χ1v) is 5.60. The molecular formula is C11H6Cl2N2O. The number of furan rings is 1. The Morgan fingerprint density at radius 1 is 1.19 bits per heavy atom. The number of hydrogen-bond donors (Lipinski definition) is 0. The molecule has 5 heteroatoms. The summed E-state index contributed by atoms with van der Waals surface area (Å²) in [6, 6.07) is 7.62. The Morgan fingerprint density at radius 2 is 2.00 bits per heavy atom. The fraction of sp³-hybridized carbons (Fsp3) is 0.0909. The lowest BCUT2D eigenvalue weighted by Crippen LogP contribution is -1.91. The number of hydrogen-bond acceptors (Lipinski definition) is 3. The van der Waals surface area contributed by atoms with Gasteiger partial charge in [-0.25, -0.2) is 9.97 Å². The summed E-state index contributed by atoms with van der Waals surface area (Å²) in [5.74, 6) is 0.737. The van der Waals surface area contributed by atoms with Gasteiger partial charge in [0, 0.05) is 5.39 Å². The van der Waals surface area contributed by atoms with Gasteiger partial charge in [-0.2, -0.15) is 0 Å². The quantitative estimate of drug-likeness (QED) is 0.489. The minimum Gasteiger partial charge on any atom is -0.451 e. The van der Waals surface area contributed by atoms with Crippen molar-refractivity contribution in [2.75, 3.05) is 0 Å². The molecule has 16 heavy (non-hydrogen) atoms. The summed E-state index contributed by atoms with van der Waals surface area (Å²) in [5, 5.41) is 1.23. The highest BCUT2D eigenvalue weighted by Gasteiger charge is 2.13. The molecular weight excluding hydrogens is 247 g/mol. The summed E-state index contributed by atoms with van der Waals surface area (Å²) in [6.45, 7) is 0. The molecule has 0 aliphatic heterocycles. The number of fused-ring (bicyclic) bond motifs is 3. The van der Waals surface area contributed by atoms with Crippen molar-refractivity contribution in [1.29, 1.82) is 0 Å². The van der Waals surface area contributed by atoms with Crippen molar-refractivity contribution in [3.05, 3.63) is 35.2 Å². The van der Waals surface area contributed by atoms with Gasteiger partial charge in [0.15, 0.2) is 10.7 Å². The Morgan fingerprint density at radius 3 is 2.81 bits per heavy atom. The van der Waals surface area contributed by atoms with Crippen LogP contribution in [0.3, 0.4) is 0 Å². The van der Waals surface area contributed by atoms with Crippen molar-refractivity contribution in [2.24, 2.45) is 0 Å². The first kappa shape index (κ1) is 9.87. The summed E-state index contributed by atoms with van der Waals surface area (Å²) in [4.78, 5) is 8.37. The minimum atomic E-state index is 0.231. The molecule has 0 radical (unpaired) electrons. The topological polar surface area (TPSA) is 38.9 Å². The highest BCUT2D eigenvalue weighted by molar-refractivity contribution is 6.34. The molecule has 0 aliphatic carbocycles. The number of halogens is 2. The largest absolute Gasteiger partial charge is 0.451 e. The van der Waals surface area contributed by atoms with Crippen molar-refractivity contribution < 1.29 is 4.42 Å². The van der Waals surface area contributed by atoms with E-state index in [2.05, 4.69) is 9.97 Å². The number of para-hydroxylation sites is 1. The highest BCUT2D eigenvalue weighted by atomic mass is 35.5. The van der Waals surface area contributed by atoms with E-state index in [-0.39, 0.29) is 5.88 Å². The molecule has 0 bridgehead atoms. The van der Waals surface area contributed by atoms with E-state index in [0.29, 0.717) is 22.1 Å². The summed E-state index contributed by atoms with van der Waals surface area (Å²) >= 11 is 11.7. The van der Waals surface area contributed by atoms with Crippen LogP contribution in [0.2, 0.25) is 5.15 Å². The Labute approximate surface area is 101 Å². The molecule has 0 saturated heterocycles. The lowest BCUT2D eigenvalue weighted by atomic mass is 10.2. The predicted octanol–water partition coefficient (Wildman–Crippen LogP) is 3.77. The van der Waals surface area contributed by atoms with E-state index < -0.39 is 0 Å². The van der Waals surface area contributed by atoms with Gasteiger partial charge in [0.25, 0.3) is 0 Å². The van der Waals surface area contributed by atoms with E-state index in [1.165, 1.54) is 0 Å². The Balaban J connectivity index is 2.51. The van der Waals surface area contributed by atoms with Crippen molar-refractivity contribution in [3.63, 3.8) is 0 Å². The molecule has 0 N–H and O–H groups in total. The first-order chi connectivity index (χ1) is 7.79. The molecule has 2 heterocycles. The third-order valence-corrected chi connectivity index (χ3v) is 2.84. The molecule has 80 valence electrons. The maximum Gasteiger partial charge on any atom is 0.191 e. The molecule has 1 aromatic carbocycles. The van der Waals surface area contributed by atoms with E-state index in [4.69, 9.17) is 27.6 Å². The normalized spacial score (nSPS) is 11.4. The molecule has 0 aliphatic rings. The van der Waals surface area contributed by atoms with Gasteiger partial charge < -0.3 is 4.42 Å². The minimum absolute atomic E-state index is 0.231. The van der Waals surface area contributed by atoms with E-state index in [1.807, 2.05) is 24.3 Å². The fourth-order valence-corrected chi connectivity index (χ4v) is 2.01. The second kappa shape index (κ2) is 3.61. The molecule has 3 rings (SSSR count). The van der Waals surface area contributed by atoms with Crippen LogP contribution in [0.5, 0.6) is 0 Å². The van der Waals surface area contributed by atoms with Gasteiger partial charge >= 0.3 is 0 Å². The number of rotatable bonds is 1. The summed E-state index contributed by atoms with van der Waals surface area (Å²) < 4.78 is 5.58. The molecule has 0 spiro atoms. The van der Waals surface area contributed by atoms with Crippen molar-refractivity contribution >= 4 is 45.3 Å². The van der Waals surface area contributed by atoms with E-state index in [9.17, 15) is 0 Å². The number of aromatic nitrogens is 2. The average Bonchev–Trinajstić information content (AvgIpc) is 2.68. The highest BCUT2D eigenvalue weighted by Crippen LogP contribution is 2.30. The molecule has 3 aromatic rings. The van der Waals surface area contributed by atoms with Crippen LogP contribution in [0.1, 0.15) is 5.82 Å². The van der Waals surface area contributed by atoms with Crippen molar-refractivity contribution in [1.82, 2.24) is 9.97 Å². The van der Waals surface area contributed by atoms with Crippen LogP contribution in [0.4, 0.5) is 0 Å². The van der Waals surface area contributed by atoms with Gasteiger partial charge in [0.2, 0.25) is 0 Å². The third-order valence-electron chi connectivity index (χ3n) is 2.34. The van der Waals surface area contributed by atoms with Crippen LogP contribution in [0.25, 0.3) is 22.1 Å². The van der Waals surface area contributed by atoms with Crippen LogP contribution < -0.4 is 0 Å². The first-order valence-electron chi connectivity index (χ1n) is 4.69. The van der Waals surface area contributed by atoms with Crippen molar-refractivity contribution in [2.45, 2.75) is 5.88 Å². The summed E-state index contributed by atoms with van der Waals surface area (Å²) in [6.07, 6.45) is 0. The number of benzene rings is 1. The molecule has 0 fully saturated rings. The Bertz CT molecular complexity index is 678. The zero-order chi connectivity index (χ0) is 11.1. The maximum atomic E-state index is 6.01. The SMILES string of the molecule is ClCc1nc(Cl)c2oc3ccccc3c2n1. The molecule has 0 saturated carbocycles. The second-order valence-corrected chi connectivity index (χ2v) is 3.97.